The average Bonchev–Trinajstić information content (AvgIpc) is 2.16. The van der Waals surface area contributed by atoms with Crippen LogP contribution in [-0.4, -0.2) is 13.0 Å². The summed E-state index contributed by atoms with van der Waals surface area (Å²) in [7, 11) is -4.48. The van der Waals surface area contributed by atoms with E-state index in [0.29, 0.717) is 16.5 Å². The summed E-state index contributed by atoms with van der Waals surface area (Å²) < 4.78 is 33.0. The maximum absolute atomic E-state index is 11.0. The van der Waals surface area contributed by atoms with E-state index >= 15 is 0 Å². The lowest BCUT2D eigenvalue weighted by Gasteiger charge is -2.11. The second kappa shape index (κ2) is 3.22. The Morgan fingerprint density at radius 1 is 1.07 bits per heavy atom. The molecule has 0 amide bonds. The van der Waals surface area contributed by atoms with Crippen LogP contribution in [0.15, 0.2) is 41.3 Å². The van der Waals surface area contributed by atoms with E-state index in [1.807, 2.05) is 0 Å². The van der Waals surface area contributed by atoms with Gasteiger partial charge in [0.2, 0.25) is 0 Å². The molecule has 4 nitrogen and oxygen atoms in total. The number of nitrogens with two attached hydrogens (primary N) is 1. The van der Waals surface area contributed by atoms with Crippen LogP contribution in [0.25, 0.3) is 10.8 Å². The van der Waals surface area contributed by atoms with Crippen molar-refractivity contribution in [2.24, 2.45) is 0 Å². The molecule has 15 heavy (non-hydrogen) atoms. The van der Waals surface area contributed by atoms with Crippen molar-refractivity contribution in [2.45, 2.75) is 4.90 Å². The average molecular weight is 222 g/mol. The van der Waals surface area contributed by atoms with Crippen molar-refractivity contribution >= 4 is 26.6 Å². The molecule has 2 rings (SSSR count). The second-order valence-electron chi connectivity index (χ2n) is 3.16. The molecule has 2 N–H and O–H groups in total. The fraction of sp³-hybridized carbons (Fsp3) is 0. The Balaban J connectivity index is 2.99. The first-order chi connectivity index (χ1) is 7.00. The van der Waals surface area contributed by atoms with Gasteiger partial charge in [-0.05, 0) is 17.5 Å². The van der Waals surface area contributed by atoms with Gasteiger partial charge in [-0.15, -0.1) is 0 Å². The summed E-state index contributed by atoms with van der Waals surface area (Å²) in [6.45, 7) is 0. The van der Waals surface area contributed by atoms with Crippen molar-refractivity contribution in [3.63, 3.8) is 0 Å². The Labute approximate surface area is 87.1 Å². The molecule has 0 aliphatic heterocycles. The number of nitrogen functional groups attached to an aromatic ring is 1. The number of hydrogen-bond acceptors (Lipinski definition) is 4. The fourth-order valence-corrected chi connectivity index (χ4v) is 2.27. The predicted octanol–water partition coefficient (Wildman–Crippen LogP) is 1.33. The molecule has 2 aromatic carbocycles. The van der Waals surface area contributed by atoms with E-state index in [2.05, 4.69) is 0 Å². The molecule has 0 bridgehead atoms. The normalized spacial score (nSPS) is 11.8. The summed E-state index contributed by atoms with van der Waals surface area (Å²) in [5.74, 6) is 0. The minimum Gasteiger partial charge on any atom is -0.744 e. The zero-order valence-corrected chi connectivity index (χ0v) is 8.49. The summed E-state index contributed by atoms with van der Waals surface area (Å²) in [5.41, 5.74) is 5.94. The lowest BCUT2D eigenvalue weighted by molar-refractivity contribution is 0.464. The number of fused-ring (bicyclic) bond motifs is 1. The van der Waals surface area contributed by atoms with Crippen LogP contribution in [0.1, 0.15) is 0 Å². The van der Waals surface area contributed by atoms with Crippen molar-refractivity contribution < 1.29 is 13.0 Å². The molecule has 5 heteroatoms. The third-order valence-electron chi connectivity index (χ3n) is 2.17. The van der Waals surface area contributed by atoms with Crippen LogP contribution in [-0.2, 0) is 10.1 Å². The minimum absolute atomic E-state index is 0.266. The fourth-order valence-electron chi connectivity index (χ4n) is 1.54. The Morgan fingerprint density at radius 3 is 2.27 bits per heavy atom. The Kier molecular flexibility index (Phi) is 2.13. The number of hydrogen-bond donors (Lipinski definition) is 1. The van der Waals surface area contributed by atoms with Crippen LogP contribution in [0.5, 0.6) is 0 Å². The van der Waals surface area contributed by atoms with Gasteiger partial charge in [0.1, 0.15) is 10.1 Å². The summed E-state index contributed by atoms with van der Waals surface area (Å²) in [5, 5.41) is 0.946. The van der Waals surface area contributed by atoms with E-state index < -0.39 is 10.1 Å². The highest BCUT2D eigenvalue weighted by Gasteiger charge is 2.08. The lowest BCUT2D eigenvalue weighted by atomic mass is 10.1. The molecule has 0 unspecified atom stereocenters. The highest BCUT2D eigenvalue weighted by molar-refractivity contribution is 7.86. The van der Waals surface area contributed by atoms with Gasteiger partial charge in [0, 0.05) is 11.1 Å². The molecule has 0 fully saturated rings. The monoisotopic (exact) mass is 222 g/mol. The first kappa shape index (κ1) is 9.95. The maximum atomic E-state index is 11.0. The van der Waals surface area contributed by atoms with Gasteiger partial charge in [-0.1, -0.05) is 24.3 Å². The summed E-state index contributed by atoms with van der Waals surface area (Å²) in [6.07, 6.45) is 0. The van der Waals surface area contributed by atoms with Gasteiger partial charge in [-0.2, -0.15) is 0 Å². The van der Waals surface area contributed by atoms with E-state index in [4.69, 9.17) is 5.73 Å². The van der Waals surface area contributed by atoms with Crippen molar-refractivity contribution in [3.05, 3.63) is 36.4 Å². The van der Waals surface area contributed by atoms with Gasteiger partial charge in [0.15, 0.2) is 0 Å². The zero-order chi connectivity index (χ0) is 11.1. The third-order valence-corrected chi connectivity index (χ3v) is 3.05. The lowest BCUT2D eigenvalue weighted by Crippen LogP contribution is -2.01. The Hall–Kier alpha value is -1.59. The summed E-state index contributed by atoms with van der Waals surface area (Å²) in [6, 6.07) is 9.48. The Bertz CT molecular complexity index is 614. The molecule has 2 aromatic rings. The van der Waals surface area contributed by atoms with Gasteiger partial charge >= 0.3 is 0 Å². The highest BCUT2D eigenvalue weighted by atomic mass is 32.2. The maximum Gasteiger partial charge on any atom is 0.125 e. The molecule has 0 saturated carbocycles. The number of rotatable bonds is 1. The summed E-state index contributed by atoms with van der Waals surface area (Å²) >= 11 is 0. The van der Waals surface area contributed by atoms with E-state index in [0.717, 1.165) is 0 Å². The summed E-state index contributed by atoms with van der Waals surface area (Å²) in [4.78, 5) is -0.266. The number of anilines is 1. The molecule has 0 heterocycles. The van der Waals surface area contributed by atoms with Crippen LogP contribution in [0.4, 0.5) is 5.69 Å². The van der Waals surface area contributed by atoms with Crippen LogP contribution >= 0.6 is 0 Å². The topological polar surface area (TPSA) is 83.2 Å². The minimum atomic E-state index is -4.48. The van der Waals surface area contributed by atoms with Crippen LogP contribution in [0, 0.1) is 0 Å². The predicted molar refractivity (Wildman–Crippen MR) is 56.3 cm³/mol. The smallest absolute Gasteiger partial charge is 0.125 e. The molecule has 0 atom stereocenters. The molecule has 0 aliphatic carbocycles. The SMILES string of the molecule is Nc1cccc2cccc(S(=O)(=O)[O-])c12. The molecular formula is C10H8NO3S-. The Morgan fingerprint density at radius 2 is 1.67 bits per heavy atom. The number of benzene rings is 2. The van der Waals surface area contributed by atoms with Gasteiger partial charge in [0.05, 0.1) is 4.90 Å². The van der Waals surface area contributed by atoms with Gasteiger partial charge in [0.25, 0.3) is 0 Å². The highest BCUT2D eigenvalue weighted by Crippen LogP contribution is 2.27. The molecule has 0 aliphatic rings. The van der Waals surface area contributed by atoms with Crippen LogP contribution < -0.4 is 5.73 Å². The van der Waals surface area contributed by atoms with E-state index in [1.165, 1.54) is 12.1 Å². The quantitative estimate of drug-likeness (QED) is 0.582. The van der Waals surface area contributed by atoms with E-state index in [9.17, 15) is 13.0 Å². The van der Waals surface area contributed by atoms with E-state index in [1.54, 1.807) is 24.3 Å². The van der Waals surface area contributed by atoms with Crippen molar-refractivity contribution in [1.29, 1.82) is 0 Å². The van der Waals surface area contributed by atoms with Gasteiger partial charge < -0.3 is 10.3 Å². The van der Waals surface area contributed by atoms with Crippen molar-refractivity contribution in [2.75, 3.05) is 5.73 Å². The van der Waals surface area contributed by atoms with Crippen molar-refractivity contribution in [3.8, 4) is 0 Å². The molecule has 78 valence electrons. The molecule has 0 radical (unpaired) electrons. The first-order valence-electron chi connectivity index (χ1n) is 4.23. The van der Waals surface area contributed by atoms with Crippen LogP contribution in [0.2, 0.25) is 0 Å². The first-order valence-corrected chi connectivity index (χ1v) is 5.64. The van der Waals surface area contributed by atoms with Gasteiger partial charge in [-0.3, -0.25) is 0 Å². The zero-order valence-electron chi connectivity index (χ0n) is 7.67. The molecular weight excluding hydrogens is 214 g/mol. The van der Waals surface area contributed by atoms with Crippen LogP contribution in [0.3, 0.4) is 0 Å². The third kappa shape index (κ3) is 1.67. The van der Waals surface area contributed by atoms with E-state index in [-0.39, 0.29) is 4.90 Å². The standard InChI is InChI=1S/C10H9NO3S/c11-8-5-1-3-7-4-2-6-9(10(7)8)15(12,13)14/h1-6H,11H2,(H,12,13,14)/p-1. The molecule has 0 spiro atoms. The van der Waals surface area contributed by atoms with Crippen molar-refractivity contribution in [1.82, 2.24) is 0 Å². The molecule has 0 aromatic heterocycles. The van der Waals surface area contributed by atoms with Gasteiger partial charge in [-0.25, -0.2) is 8.42 Å². The second-order valence-corrected chi connectivity index (χ2v) is 4.50. The molecule has 0 saturated heterocycles. The largest absolute Gasteiger partial charge is 0.744 e.